The number of hydrogen-bond acceptors (Lipinski definition) is 9. The van der Waals surface area contributed by atoms with Crippen molar-refractivity contribution in [3.05, 3.63) is 112 Å². The summed E-state index contributed by atoms with van der Waals surface area (Å²) in [6.45, 7) is 15.1. The Morgan fingerprint density at radius 3 is 2.15 bits per heavy atom. The minimum absolute atomic E-state index is 0.0165. The predicted octanol–water partition coefficient (Wildman–Crippen LogP) is 5.93. The summed E-state index contributed by atoms with van der Waals surface area (Å²) in [5.74, 6) is 0. The molecule has 6 aromatic rings. The first-order valence-electron chi connectivity index (χ1n) is 17.6. The Balaban J connectivity index is 0.000000187. The molecule has 1 saturated heterocycles. The smallest absolute Gasteiger partial charge is 0.343 e. The molecule has 0 unspecified atom stereocenters. The van der Waals surface area contributed by atoms with Crippen molar-refractivity contribution in [3.8, 4) is 5.69 Å². The molecule has 0 bridgehead atoms. The van der Waals surface area contributed by atoms with Gasteiger partial charge in [0.15, 0.2) is 0 Å². The van der Waals surface area contributed by atoms with E-state index in [0.29, 0.717) is 28.1 Å². The van der Waals surface area contributed by atoms with E-state index < -0.39 is 10.0 Å². The van der Waals surface area contributed by atoms with Gasteiger partial charge in [0.1, 0.15) is 16.7 Å². The zero-order chi connectivity index (χ0) is 37.3. The monoisotopic (exact) mass is 724 g/mol. The van der Waals surface area contributed by atoms with E-state index in [4.69, 9.17) is 10.4 Å². The molecule has 1 fully saturated rings. The van der Waals surface area contributed by atoms with Crippen molar-refractivity contribution in [1.29, 1.82) is 0 Å². The lowest BCUT2D eigenvalue weighted by Gasteiger charge is -2.34. The summed E-state index contributed by atoms with van der Waals surface area (Å²) < 4.78 is 35.3. The van der Waals surface area contributed by atoms with E-state index in [0.717, 1.165) is 59.4 Å². The second-order valence-corrected chi connectivity index (χ2v) is 17.3. The van der Waals surface area contributed by atoms with Crippen LogP contribution in [0.25, 0.3) is 27.8 Å². The molecule has 7 rings (SSSR count). The van der Waals surface area contributed by atoms with Gasteiger partial charge in [0.2, 0.25) is 10.0 Å². The van der Waals surface area contributed by atoms with Gasteiger partial charge >= 0.3 is 5.69 Å². The Morgan fingerprint density at radius 1 is 0.865 bits per heavy atom. The highest BCUT2D eigenvalue weighted by Gasteiger charge is 2.33. The normalized spacial score (nSPS) is 14.5. The average molecular weight is 725 g/mol. The van der Waals surface area contributed by atoms with Crippen LogP contribution in [0.3, 0.4) is 0 Å². The van der Waals surface area contributed by atoms with Crippen LogP contribution in [0.4, 0.5) is 0 Å². The first kappa shape index (κ1) is 37.1. The highest BCUT2D eigenvalue weighted by molar-refractivity contribution is 7.89. The standard InChI is InChI=1S/C22H28N4O3S.C17H20N4O/c1-22(2,3)17-5-7-19(8-6-17)30(27,28)26(18-10-12-23-13-11-18)15-16-4-9-20-21(14-16)25-29-24-20;1-17(2,3)14-8-12-10-21(16(22)20-15(12)19-14)13-6-4-11(9-18)5-7-13/h4-9,14,18,23H,10-13,15H2,1-3H3;4-8,10H,9,18H2,1-3H3,(H,19,20,22). The Morgan fingerprint density at radius 2 is 1.52 bits per heavy atom. The van der Waals surface area contributed by atoms with Crippen LogP contribution in [-0.2, 0) is 33.9 Å². The fourth-order valence-corrected chi connectivity index (χ4v) is 7.92. The molecule has 0 spiro atoms. The molecule has 12 nitrogen and oxygen atoms in total. The number of benzene rings is 3. The number of nitrogens with zero attached hydrogens (tertiary/aromatic N) is 5. The number of H-pyrrole nitrogens is 1. The topological polar surface area (TPSA) is 165 Å². The maximum Gasteiger partial charge on any atom is 0.354 e. The maximum absolute atomic E-state index is 13.7. The van der Waals surface area contributed by atoms with Gasteiger partial charge in [0.25, 0.3) is 0 Å². The van der Waals surface area contributed by atoms with Crippen LogP contribution in [0, 0.1) is 0 Å². The average Bonchev–Trinajstić information content (AvgIpc) is 3.77. The number of rotatable bonds is 7. The van der Waals surface area contributed by atoms with Gasteiger partial charge in [-0.05, 0) is 101 Å². The van der Waals surface area contributed by atoms with Crippen LogP contribution in [0.15, 0.2) is 93.3 Å². The molecule has 13 heteroatoms. The molecular weight excluding hydrogens is 677 g/mol. The molecule has 4 heterocycles. The van der Waals surface area contributed by atoms with Crippen molar-refractivity contribution in [2.75, 3.05) is 13.1 Å². The highest BCUT2D eigenvalue weighted by atomic mass is 32.2. The number of aromatic amines is 1. The van der Waals surface area contributed by atoms with Crippen molar-refractivity contribution < 1.29 is 13.0 Å². The van der Waals surface area contributed by atoms with E-state index in [1.165, 1.54) is 0 Å². The van der Waals surface area contributed by atoms with Crippen molar-refractivity contribution in [2.45, 2.75) is 89.2 Å². The first-order valence-corrected chi connectivity index (χ1v) is 19.0. The van der Waals surface area contributed by atoms with Crippen molar-refractivity contribution >= 4 is 32.1 Å². The molecule has 1 aliphatic heterocycles. The Labute approximate surface area is 304 Å². The third-order valence-electron chi connectivity index (χ3n) is 9.47. The summed E-state index contributed by atoms with van der Waals surface area (Å²) >= 11 is 0. The van der Waals surface area contributed by atoms with E-state index in [1.54, 1.807) is 21.0 Å². The van der Waals surface area contributed by atoms with Gasteiger partial charge in [-0.1, -0.05) is 71.9 Å². The Bertz CT molecular complexity index is 2310. The van der Waals surface area contributed by atoms with Gasteiger partial charge in [-0.2, -0.15) is 9.29 Å². The summed E-state index contributed by atoms with van der Waals surface area (Å²) in [7, 11) is -3.65. The Hall–Kier alpha value is -4.69. The molecule has 0 radical (unpaired) electrons. The van der Waals surface area contributed by atoms with Crippen molar-refractivity contribution in [3.63, 3.8) is 0 Å². The number of fused-ring (bicyclic) bond motifs is 2. The van der Waals surface area contributed by atoms with Gasteiger partial charge in [0, 0.05) is 41.8 Å². The van der Waals surface area contributed by atoms with Gasteiger partial charge < -0.3 is 16.0 Å². The number of aromatic nitrogens is 5. The molecular formula is C39H48N8O4S. The number of nitrogens with two attached hydrogens (primary N) is 1. The third kappa shape index (κ3) is 8.18. The lowest BCUT2D eigenvalue weighted by molar-refractivity contribution is 0.256. The van der Waals surface area contributed by atoms with Gasteiger partial charge in [-0.15, -0.1) is 0 Å². The van der Waals surface area contributed by atoms with Crippen molar-refractivity contribution in [1.82, 2.24) is 34.5 Å². The Kier molecular flexibility index (Phi) is 10.5. The third-order valence-corrected chi connectivity index (χ3v) is 11.4. The molecule has 3 aromatic heterocycles. The predicted molar refractivity (Wildman–Crippen MR) is 204 cm³/mol. The van der Waals surface area contributed by atoms with E-state index in [2.05, 4.69) is 67.1 Å². The van der Waals surface area contributed by atoms with E-state index >= 15 is 0 Å². The maximum atomic E-state index is 13.7. The summed E-state index contributed by atoms with van der Waals surface area (Å²) in [4.78, 5) is 20.0. The quantitative estimate of drug-likeness (QED) is 0.181. The number of hydrogen-bond donors (Lipinski definition) is 3. The van der Waals surface area contributed by atoms with Crippen LogP contribution in [0.5, 0.6) is 0 Å². The van der Waals surface area contributed by atoms with Crippen molar-refractivity contribution in [2.24, 2.45) is 5.73 Å². The molecule has 274 valence electrons. The summed E-state index contributed by atoms with van der Waals surface area (Å²) in [6, 6.07) is 22.4. The van der Waals surface area contributed by atoms with E-state index in [9.17, 15) is 13.2 Å². The van der Waals surface area contributed by atoms with Crippen LogP contribution < -0.4 is 16.7 Å². The van der Waals surface area contributed by atoms with Crippen LogP contribution >= 0.6 is 0 Å². The lowest BCUT2D eigenvalue weighted by atomic mass is 9.87. The summed E-state index contributed by atoms with van der Waals surface area (Å²) in [6.07, 6.45) is 3.40. The molecule has 0 aliphatic carbocycles. The van der Waals surface area contributed by atoms with Gasteiger partial charge in [0.05, 0.1) is 10.6 Å². The van der Waals surface area contributed by atoms with Gasteiger partial charge in [-0.3, -0.25) is 4.57 Å². The van der Waals surface area contributed by atoms with Crippen LogP contribution in [0.2, 0.25) is 0 Å². The van der Waals surface area contributed by atoms with Crippen LogP contribution in [0.1, 0.15) is 76.8 Å². The first-order chi connectivity index (χ1) is 24.6. The van der Waals surface area contributed by atoms with E-state index in [-0.39, 0.29) is 29.1 Å². The second-order valence-electron chi connectivity index (χ2n) is 15.4. The zero-order valence-corrected chi connectivity index (χ0v) is 31.5. The molecule has 1 aliphatic rings. The summed E-state index contributed by atoms with van der Waals surface area (Å²) in [5, 5.41) is 12.0. The number of piperidine rings is 1. The van der Waals surface area contributed by atoms with Gasteiger partial charge in [-0.25, -0.2) is 17.8 Å². The lowest BCUT2D eigenvalue weighted by Crippen LogP contribution is -2.45. The largest absolute Gasteiger partial charge is 0.354 e. The second kappa shape index (κ2) is 14.7. The SMILES string of the molecule is CC(C)(C)c1cc2cn(-c3ccc(CN)cc3)c(=O)nc2[nH]1.CC(C)(C)c1ccc(S(=O)(=O)N(Cc2ccc3nonc3c2)C2CCNCC2)cc1. The molecule has 4 N–H and O–H groups in total. The number of nitrogens with one attached hydrogen (secondary N) is 2. The summed E-state index contributed by atoms with van der Waals surface area (Å²) in [5.41, 5.74) is 12.0. The van der Waals surface area contributed by atoms with Crippen LogP contribution in [-0.4, -0.2) is 56.7 Å². The molecule has 0 atom stereocenters. The number of sulfonamides is 1. The molecule has 52 heavy (non-hydrogen) atoms. The minimum Gasteiger partial charge on any atom is -0.343 e. The van der Waals surface area contributed by atoms with E-state index in [1.807, 2.05) is 66.9 Å². The zero-order valence-electron chi connectivity index (χ0n) is 30.7. The fraction of sp³-hybridized carbons (Fsp3) is 0.385. The molecule has 0 amide bonds. The molecule has 3 aromatic carbocycles. The minimum atomic E-state index is -3.65. The highest BCUT2D eigenvalue weighted by Crippen LogP contribution is 2.29. The molecule has 0 saturated carbocycles. The fourth-order valence-electron chi connectivity index (χ4n) is 6.25.